The predicted octanol–water partition coefficient (Wildman–Crippen LogP) is -1.52. The third kappa shape index (κ3) is 3.99. The van der Waals surface area contributed by atoms with Crippen molar-refractivity contribution in [1.82, 2.24) is 5.48 Å². The fourth-order valence-electron chi connectivity index (χ4n) is 2.35. The van der Waals surface area contributed by atoms with E-state index in [1.54, 1.807) is 23.7 Å². The van der Waals surface area contributed by atoms with E-state index in [0.717, 1.165) is 0 Å². The van der Waals surface area contributed by atoms with Gasteiger partial charge < -0.3 is 30.4 Å². The molecule has 0 unspecified atom stereocenters. The fourth-order valence-corrected chi connectivity index (χ4v) is 2.35. The molecule has 0 saturated carbocycles. The molecule has 0 spiro atoms. The Morgan fingerprint density at radius 1 is 1.22 bits per heavy atom. The maximum atomic E-state index is 12.5. The molecule has 128 valence electrons. The molecule has 1 rings (SSSR count). The van der Waals surface area contributed by atoms with Gasteiger partial charge in [-0.05, 0) is 5.56 Å². The van der Waals surface area contributed by atoms with Crippen molar-refractivity contribution in [2.45, 2.75) is 36.7 Å². The molecule has 4 atom stereocenters. The molecule has 0 heterocycles. The van der Waals surface area contributed by atoms with Crippen molar-refractivity contribution < 1.29 is 35.2 Å². The van der Waals surface area contributed by atoms with Crippen LogP contribution in [0.3, 0.4) is 0 Å². The highest BCUT2D eigenvalue weighted by molar-refractivity contribution is 5.91. The zero-order valence-corrected chi connectivity index (χ0v) is 12.4. The van der Waals surface area contributed by atoms with E-state index in [9.17, 15) is 30.1 Å². The summed E-state index contributed by atoms with van der Waals surface area (Å²) in [7, 11) is 0. The normalized spacial score (nSPS) is 17.8. The van der Waals surface area contributed by atoms with Gasteiger partial charge in [0.05, 0.1) is 6.61 Å². The SMILES string of the molecule is O=CCCC(=O)[C@@](NO)(c1ccccc1)[C@@H](O)[C@H](O)[C@H](O)CO. The minimum Gasteiger partial charge on any atom is -0.394 e. The summed E-state index contributed by atoms with van der Waals surface area (Å²) >= 11 is 0. The average molecular weight is 327 g/mol. The highest BCUT2D eigenvalue weighted by atomic mass is 16.5. The molecule has 0 bridgehead atoms. The number of hydrogen-bond acceptors (Lipinski definition) is 8. The molecular formula is C15H21NO7. The van der Waals surface area contributed by atoms with Crippen LogP contribution in [0.4, 0.5) is 0 Å². The standard InChI is InChI=1S/C15H21NO7/c17-8-4-7-12(20)15(16-23,10-5-2-1-3-6-10)14(22)13(21)11(19)9-18/h1-3,5-6,8,11,13-14,16,18-19,21-23H,4,7,9H2/t11-,13-,14+,15+/m1/s1. The quantitative estimate of drug-likeness (QED) is 0.224. The van der Waals surface area contributed by atoms with Crippen LogP contribution in [0.25, 0.3) is 0 Å². The van der Waals surface area contributed by atoms with Crippen molar-refractivity contribution >= 4 is 12.1 Å². The molecule has 0 radical (unpaired) electrons. The van der Waals surface area contributed by atoms with E-state index in [1.165, 1.54) is 12.1 Å². The Labute approximate surface area is 133 Å². The van der Waals surface area contributed by atoms with Gasteiger partial charge in [0, 0.05) is 12.8 Å². The lowest BCUT2D eigenvalue weighted by atomic mass is 9.76. The van der Waals surface area contributed by atoms with Crippen molar-refractivity contribution in [2.75, 3.05) is 6.61 Å². The van der Waals surface area contributed by atoms with Crippen molar-refractivity contribution in [1.29, 1.82) is 0 Å². The Kier molecular flexibility index (Phi) is 7.43. The molecule has 1 aromatic rings. The van der Waals surface area contributed by atoms with E-state index in [2.05, 4.69) is 0 Å². The Balaban J connectivity index is 3.34. The van der Waals surface area contributed by atoms with Crippen LogP contribution in [0.5, 0.6) is 0 Å². The van der Waals surface area contributed by atoms with E-state index in [-0.39, 0.29) is 18.4 Å². The molecule has 8 nitrogen and oxygen atoms in total. The zero-order valence-electron chi connectivity index (χ0n) is 12.4. The highest BCUT2D eigenvalue weighted by Gasteiger charge is 2.50. The maximum absolute atomic E-state index is 12.5. The number of aliphatic hydroxyl groups is 4. The van der Waals surface area contributed by atoms with Crippen LogP contribution >= 0.6 is 0 Å². The number of hydrogen-bond donors (Lipinski definition) is 6. The summed E-state index contributed by atoms with van der Waals surface area (Å²) < 4.78 is 0. The van der Waals surface area contributed by atoms with Crippen LogP contribution < -0.4 is 5.48 Å². The Hall–Kier alpha value is -1.68. The van der Waals surface area contributed by atoms with Gasteiger partial charge >= 0.3 is 0 Å². The van der Waals surface area contributed by atoms with E-state index >= 15 is 0 Å². The number of carbonyl (C=O) groups excluding carboxylic acids is 2. The zero-order chi connectivity index (χ0) is 17.5. The minimum absolute atomic E-state index is 0.134. The van der Waals surface area contributed by atoms with Gasteiger partial charge in [0.15, 0.2) is 11.3 Å². The first-order valence-electron chi connectivity index (χ1n) is 7.04. The minimum atomic E-state index is -2.15. The largest absolute Gasteiger partial charge is 0.394 e. The number of carbonyl (C=O) groups is 2. The molecule has 0 fully saturated rings. The first-order chi connectivity index (χ1) is 10.9. The second-order valence-electron chi connectivity index (χ2n) is 5.10. The number of aliphatic hydroxyl groups excluding tert-OH is 4. The van der Waals surface area contributed by atoms with Crippen LogP contribution in [0.15, 0.2) is 30.3 Å². The van der Waals surface area contributed by atoms with Crippen molar-refractivity contribution in [3.63, 3.8) is 0 Å². The molecule has 0 saturated heterocycles. The summed E-state index contributed by atoms with van der Waals surface area (Å²) in [5.74, 6) is -0.755. The van der Waals surface area contributed by atoms with Crippen molar-refractivity contribution in [2.24, 2.45) is 0 Å². The van der Waals surface area contributed by atoms with E-state index in [0.29, 0.717) is 6.29 Å². The molecule has 0 aliphatic heterocycles. The number of Topliss-reactive ketones (excluding diaryl/α,β-unsaturated/α-hetero) is 1. The molecule has 0 amide bonds. The third-order valence-corrected chi connectivity index (χ3v) is 3.68. The molecule has 1 aromatic carbocycles. The van der Waals surface area contributed by atoms with Crippen molar-refractivity contribution in [3.8, 4) is 0 Å². The van der Waals surface area contributed by atoms with Gasteiger partial charge in [-0.1, -0.05) is 30.3 Å². The van der Waals surface area contributed by atoms with Crippen LogP contribution in [0.1, 0.15) is 18.4 Å². The van der Waals surface area contributed by atoms with E-state index in [1.807, 2.05) is 0 Å². The molecule has 0 aromatic heterocycles. The van der Waals surface area contributed by atoms with Gasteiger partial charge in [0.25, 0.3) is 0 Å². The molecule has 8 heteroatoms. The smallest absolute Gasteiger partial charge is 0.162 e. The third-order valence-electron chi connectivity index (χ3n) is 3.68. The first-order valence-corrected chi connectivity index (χ1v) is 7.04. The molecule has 23 heavy (non-hydrogen) atoms. The molecule has 6 N–H and O–H groups in total. The first kappa shape index (κ1) is 19.4. The molecular weight excluding hydrogens is 306 g/mol. The summed E-state index contributed by atoms with van der Waals surface area (Å²) in [6, 6.07) is 7.62. The second kappa shape index (κ2) is 8.82. The Bertz CT molecular complexity index is 510. The van der Waals surface area contributed by atoms with Crippen LogP contribution in [0.2, 0.25) is 0 Å². The van der Waals surface area contributed by atoms with Gasteiger partial charge in [-0.2, -0.15) is 5.48 Å². The lowest BCUT2D eigenvalue weighted by Gasteiger charge is -2.38. The lowest BCUT2D eigenvalue weighted by molar-refractivity contribution is -0.157. The van der Waals surface area contributed by atoms with Gasteiger partial charge in [0.2, 0.25) is 0 Å². The topological polar surface area (TPSA) is 147 Å². The summed E-state index contributed by atoms with van der Waals surface area (Å²) in [5, 5.41) is 48.4. The number of nitrogens with one attached hydrogen (secondary N) is 1. The van der Waals surface area contributed by atoms with Gasteiger partial charge in [-0.3, -0.25) is 4.79 Å². The monoisotopic (exact) mass is 327 g/mol. The number of ketones is 1. The molecule has 0 aliphatic carbocycles. The van der Waals surface area contributed by atoms with Crippen LogP contribution in [0, 0.1) is 0 Å². The maximum Gasteiger partial charge on any atom is 0.162 e. The van der Waals surface area contributed by atoms with Crippen LogP contribution in [-0.2, 0) is 15.1 Å². The lowest BCUT2D eigenvalue weighted by Crippen LogP contribution is -2.62. The predicted molar refractivity (Wildman–Crippen MR) is 78.5 cm³/mol. The average Bonchev–Trinajstić information content (AvgIpc) is 2.60. The van der Waals surface area contributed by atoms with Crippen molar-refractivity contribution in [3.05, 3.63) is 35.9 Å². The van der Waals surface area contributed by atoms with E-state index < -0.39 is 36.2 Å². The van der Waals surface area contributed by atoms with Gasteiger partial charge in [-0.15, -0.1) is 0 Å². The number of benzene rings is 1. The summed E-state index contributed by atoms with van der Waals surface area (Å²) in [6.07, 6.45) is -5.54. The summed E-state index contributed by atoms with van der Waals surface area (Å²) in [6.45, 7) is -0.850. The summed E-state index contributed by atoms with van der Waals surface area (Å²) in [5.41, 5.74) is -0.287. The van der Waals surface area contributed by atoms with Gasteiger partial charge in [0.1, 0.15) is 24.6 Å². The fraction of sp³-hybridized carbons (Fsp3) is 0.467. The van der Waals surface area contributed by atoms with E-state index in [4.69, 9.17) is 5.11 Å². The Morgan fingerprint density at radius 3 is 2.30 bits per heavy atom. The number of hydroxylamine groups is 1. The Morgan fingerprint density at radius 2 is 1.83 bits per heavy atom. The second-order valence-corrected chi connectivity index (χ2v) is 5.10. The number of aldehydes is 1. The molecule has 0 aliphatic rings. The highest BCUT2D eigenvalue weighted by Crippen LogP contribution is 2.30. The summed E-state index contributed by atoms with van der Waals surface area (Å²) in [4.78, 5) is 23.0. The van der Waals surface area contributed by atoms with Crippen LogP contribution in [-0.4, -0.2) is 62.6 Å². The number of rotatable bonds is 10. The van der Waals surface area contributed by atoms with Gasteiger partial charge in [-0.25, -0.2) is 0 Å².